The van der Waals surface area contributed by atoms with Crippen molar-refractivity contribution in [2.75, 3.05) is 7.11 Å². The lowest BCUT2D eigenvalue weighted by atomic mass is 10.0. The molecule has 1 saturated heterocycles. The van der Waals surface area contributed by atoms with Crippen LogP contribution in [0.2, 0.25) is 0 Å². The van der Waals surface area contributed by atoms with Gasteiger partial charge in [0.25, 0.3) is 5.91 Å². The molecule has 3 rings (SSSR count). The Morgan fingerprint density at radius 3 is 2.75 bits per heavy atom. The van der Waals surface area contributed by atoms with Crippen molar-refractivity contribution in [1.82, 2.24) is 15.4 Å². The number of piperazine rings is 1. The van der Waals surface area contributed by atoms with Gasteiger partial charge in [0.1, 0.15) is 11.7 Å². The zero-order valence-electron chi connectivity index (χ0n) is 14.0. The normalized spacial score (nSPS) is 20.2. The number of carbonyl (C=O) groups is 2. The lowest BCUT2D eigenvalue weighted by Gasteiger charge is -2.34. The van der Waals surface area contributed by atoms with E-state index in [0.29, 0.717) is 6.42 Å². The molecule has 1 aliphatic heterocycles. The number of aromatic nitrogens is 1. The fourth-order valence-electron chi connectivity index (χ4n) is 2.96. The van der Waals surface area contributed by atoms with E-state index in [4.69, 9.17) is 4.84 Å². The predicted octanol–water partition coefficient (Wildman–Crippen LogP) is 2.44. The molecule has 2 amide bonds. The van der Waals surface area contributed by atoms with Crippen LogP contribution in [0.15, 0.2) is 36.2 Å². The van der Waals surface area contributed by atoms with Crippen molar-refractivity contribution in [2.24, 2.45) is 5.92 Å². The average Bonchev–Trinajstić information content (AvgIpc) is 2.95. The van der Waals surface area contributed by atoms with Crippen molar-refractivity contribution in [3.05, 3.63) is 41.7 Å². The number of benzene rings is 1. The molecule has 2 N–H and O–H groups in total. The highest BCUT2D eigenvalue weighted by Crippen LogP contribution is 2.23. The average molecular weight is 327 g/mol. The van der Waals surface area contributed by atoms with Crippen LogP contribution in [-0.2, 0) is 14.4 Å². The van der Waals surface area contributed by atoms with Crippen molar-refractivity contribution in [3.63, 3.8) is 0 Å². The minimum atomic E-state index is -0.609. The van der Waals surface area contributed by atoms with E-state index in [1.165, 1.54) is 12.2 Å². The van der Waals surface area contributed by atoms with E-state index in [0.717, 1.165) is 16.5 Å². The summed E-state index contributed by atoms with van der Waals surface area (Å²) >= 11 is 0. The summed E-state index contributed by atoms with van der Waals surface area (Å²) in [5.41, 5.74) is 2.03. The lowest BCUT2D eigenvalue weighted by Crippen LogP contribution is -2.56. The molecule has 1 aliphatic rings. The second-order valence-electron chi connectivity index (χ2n) is 6.30. The van der Waals surface area contributed by atoms with Crippen LogP contribution in [0.5, 0.6) is 0 Å². The van der Waals surface area contributed by atoms with Gasteiger partial charge in [0.15, 0.2) is 0 Å². The lowest BCUT2D eigenvalue weighted by molar-refractivity contribution is -0.193. The number of hydrogen-bond acceptors (Lipinski definition) is 3. The van der Waals surface area contributed by atoms with Crippen LogP contribution in [0.3, 0.4) is 0 Å². The van der Waals surface area contributed by atoms with E-state index < -0.39 is 6.04 Å². The monoisotopic (exact) mass is 327 g/mol. The van der Waals surface area contributed by atoms with Gasteiger partial charge in [0, 0.05) is 22.7 Å². The largest absolute Gasteiger partial charge is 0.361 e. The van der Waals surface area contributed by atoms with Crippen molar-refractivity contribution >= 4 is 28.8 Å². The maximum absolute atomic E-state index is 12.7. The first kappa shape index (κ1) is 16.3. The van der Waals surface area contributed by atoms with Crippen LogP contribution in [0.25, 0.3) is 17.0 Å². The molecule has 0 unspecified atom stereocenters. The molecule has 0 spiro atoms. The summed E-state index contributed by atoms with van der Waals surface area (Å²) in [7, 11) is 1.41. The Labute approximate surface area is 140 Å². The summed E-state index contributed by atoms with van der Waals surface area (Å²) in [4.78, 5) is 33.4. The highest BCUT2D eigenvalue weighted by Gasteiger charge is 2.38. The Balaban J connectivity index is 1.94. The van der Waals surface area contributed by atoms with Gasteiger partial charge < -0.3 is 10.3 Å². The number of hydrogen-bond donors (Lipinski definition) is 2. The molecule has 6 heteroatoms. The fraction of sp³-hybridized carbons (Fsp3) is 0.333. The van der Waals surface area contributed by atoms with E-state index in [1.807, 2.05) is 44.3 Å². The minimum absolute atomic E-state index is 0.214. The summed E-state index contributed by atoms with van der Waals surface area (Å²) < 4.78 is 0. The third-order valence-electron chi connectivity index (χ3n) is 4.09. The van der Waals surface area contributed by atoms with Gasteiger partial charge >= 0.3 is 0 Å². The van der Waals surface area contributed by atoms with Crippen LogP contribution in [0, 0.1) is 5.92 Å². The number of fused-ring (bicyclic) bond motifs is 1. The van der Waals surface area contributed by atoms with Gasteiger partial charge in [0.2, 0.25) is 5.91 Å². The second-order valence-corrected chi connectivity index (χ2v) is 6.30. The number of rotatable bonds is 4. The van der Waals surface area contributed by atoms with E-state index in [9.17, 15) is 9.59 Å². The van der Waals surface area contributed by atoms with Gasteiger partial charge in [-0.2, -0.15) is 0 Å². The van der Waals surface area contributed by atoms with E-state index in [-0.39, 0.29) is 23.4 Å². The Morgan fingerprint density at radius 1 is 1.29 bits per heavy atom. The molecule has 1 atom stereocenters. The van der Waals surface area contributed by atoms with Gasteiger partial charge in [0.05, 0.1) is 7.11 Å². The van der Waals surface area contributed by atoms with Crippen LogP contribution in [0.4, 0.5) is 0 Å². The Kier molecular flexibility index (Phi) is 4.40. The molecule has 6 nitrogen and oxygen atoms in total. The standard InChI is InChI=1S/C18H21N3O3/c1-11(2)8-16-17(22)20-15(18(23)21(16)24-3)9-12-10-19-14-7-5-4-6-13(12)14/h4-7,9-11,16,19H,8H2,1-3H3,(H,20,22)/b15-9-/t16-/m0/s1. The first-order chi connectivity index (χ1) is 11.5. The number of carbonyl (C=O) groups excluding carboxylic acids is 2. The highest BCUT2D eigenvalue weighted by molar-refractivity contribution is 6.07. The number of H-pyrrole nitrogens is 1. The number of para-hydroxylation sites is 1. The van der Waals surface area contributed by atoms with Gasteiger partial charge in [-0.15, -0.1) is 0 Å². The topological polar surface area (TPSA) is 74.4 Å². The molecule has 0 aliphatic carbocycles. The number of nitrogens with one attached hydrogen (secondary N) is 2. The van der Waals surface area contributed by atoms with Gasteiger partial charge in [-0.3, -0.25) is 14.4 Å². The first-order valence-corrected chi connectivity index (χ1v) is 7.97. The van der Waals surface area contributed by atoms with Crippen molar-refractivity contribution in [1.29, 1.82) is 0 Å². The Hall–Kier alpha value is -2.60. The molecule has 0 saturated carbocycles. The minimum Gasteiger partial charge on any atom is -0.361 e. The zero-order chi connectivity index (χ0) is 17.3. The molecule has 0 bridgehead atoms. The van der Waals surface area contributed by atoms with Crippen LogP contribution < -0.4 is 5.32 Å². The van der Waals surface area contributed by atoms with Crippen LogP contribution in [-0.4, -0.2) is 35.0 Å². The van der Waals surface area contributed by atoms with Gasteiger partial charge in [-0.05, 0) is 24.5 Å². The smallest absolute Gasteiger partial charge is 0.294 e. The quantitative estimate of drug-likeness (QED) is 0.847. The molecular formula is C18H21N3O3. The second kappa shape index (κ2) is 6.49. The van der Waals surface area contributed by atoms with Crippen LogP contribution in [0.1, 0.15) is 25.8 Å². The van der Waals surface area contributed by atoms with Gasteiger partial charge in [-0.1, -0.05) is 32.0 Å². The number of nitrogens with zero attached hydrogens (tertiary/aromatic N) is 1. The van der Waals surface area contributed by atoms with E-state index in [2.05, 4.69) is 10.3 Å². The maximum Gasteiger partial charge on any atom is 0.294 e. The van der Waals surface area contributed by atoms with Crippen molar-refractivity contribution in [3.8, 4) is 0 Å². The number of amides is 2. The fourth-order valence-corrected chi connectivity index (χ4v) is 2.96. The first-order valence-electron chi connectivity index (χ1n) is 7.97. The predicted molar refractivity (Wildman–Crippen MR) is 91.5 cm³/mol. The zero-order valence-corrected chi connectivity index (χ0v) is 14.0. The van der Waals surface area contributed by atoms with Crippen LogP contribution >= 0.6 is 0 Å². The highest BCUT2D eigenvalue weighted by atomic mass is 16.7. The maximum atomic E-state index is 12.7. The summed E-state index contributed by atoms with van der Waals surface area (Å²) in [5.74, 6) is -0.297. The third kappa shape index (κ3) is 2.92. The molecular weight excluding hydrogens is 306 g/mol. The van der Waals surface area contributed by atoms with Crippen molar-refractivity contribution < 1.29 is 14.4 Å². The molecule has 0 radical (unpaired) electrons. The van der Waals surface area contributed by atoms with E-state index in [1.54, 1.807) is 6.08 Å². The molecule has 1 fully saturated rings. The molecule has 2 aromatic rings. The van der Waals surface area contributed by atoms with Crippen molar-refractivity contribution in [2.45, 2.75) is 26.3 Å². The number of aromatic amines is 1. The Morgan fingerprint density at radius 2 is 2.04 bits per heavy atom. The summed E-state index contributed by atoms with van der Waals surface area (Å²) in [6, 6.07) is 7.18. The van der Waals surface area contributed by atoms with Gasteiger partial charge in [-0.25, -0.2) is 5.06 Å². The van der Waals surface area contributed by atoms with E-state index >= 15 is 0 Å². The summed E-state index contributed by atoms with van der Waals surface area (Å²) in [5, 5.41) is 4.88. The number of hydroxylamine groups is 2. The molecule has 1 aromatic carbocycles. The third-order valence-corrected chi connectivity index (χ3v) is 4.09. The summed E-state index contributed by atoms with van der Waals surface area (Å²) in [6.45, 7) is 4.01. The molecule has 2 heterocycles. The molecule has 1 aromatic heterocycles. The molecule has 126 valence electrons. The molecule has 24 heavy (non-hydrogen) atoms. The Bertz CT molecular complexity index is 807. The summed E-state index contributed by atoms with van der Waals surface area (Å²) in [6.07, 6.45) is 4.04. The SMILES string of the molecule is CON1C(=O)/C(=C/c2c[nH]c3ccccc23)NC(=O)[C@@H]1CC(C)C.